The summed E-state index contributed by atoms with van der Waals surface area (Å²) in [5.74, 6) is 0. The highest BCUT2D eigenvalue weighted by Crippen LogP contribution is 2.21. The minimum Gasteiger partial charge on any atom is -0.249 e. The molecule has 0 N–H and O–H groups in total. The van der Waals surface area contributed by atoms with Gasteiger partial charge >= 0.3 is 0 Å². The van der Waals surface area contributed by atoms with E-state index in [1.54, 1.807) is 0 Å². The Morgan fingerprint density at radius 2 is 1.57 bits per heavy atom. The number of benzene rings is 2. The molecule has 0 atom stereocenters. The van der Waals surface area contributed by atoms with Gasteiger partial charge in [0.25, 0.3) is 0 Å². The summed E-state index contributed by atoms with van der Waals surface area (Å²) in [4.78, 5) is 9.12. The summed E-state index contributed by atoms with van der Waals surface area (Å²) < 4.78 is 0. The summed E-state index contributed by atoms with van der Waals surface area (Å²) >= 11 is 0. The first-order chi connectivity index (χ1) is 10.3. The van der Waals surface area contributed by atoms with Gasteiger partial charge in [-0.2, -0.15) is 5.26 Å². The standard InChI is InChI=1S/C18H13N3/c1-13-18(21-17-10-6-5-9-16(17)20-13)15(12-19)11-14-7-3-2-4-8-14/h2-11H,1H3/b15-11+. The van der Waals surface area contributed by atoms with Gasteiger partial charge in [0, 0.05) is 0 Å². The quantitative estimate of drug-likeness (QED) is 0.662. The van der Waals surface area contributed by atoms with Crippen LogP contribution in [0.2, 0.25) is 0 Å². The molecule has 1 aromatic heterocycles. The van der Waals surface area contributed by atoms with Crippen molar-refractivity contribution in [2.24, 2.45) is 0 Å². The molecular weight excluding hydrogens is 258 g/mol. The van der Waals surface area contributed by atoms with Crippen molar-refractivity contribution in [3.8, 4) is 6.07 Å². The lowest BCUT2D eigenvalue weighted by Crippen LogP contribution is -1.97. The Morgan fingerprint density at radius 1 is 0.952 bits per heavy atom. The molecule has 3 heteroatoms. The summed E-state index contributed by atoms with van der Waals surface area (Å²) in [6, 6.07) is 19.7. The van der Waals surface area contributed by atoms with Gasteiger partial charge in [0.1, 0.15) is 11.8 Å². The van der Waals surface area contributed by atoms with E-state index in [0.29, 0.717) is 11.3 Å². The van der Waals surface area contributed by atoms with Crippen molar-refractivity contribution in [2.75, 3.05) is 0 Å². The number of fused-ring (bicyclic) bond motifs is 1. The zero-order chi connectivity index (χ0) is 14.7. The highest BCUT2D eigenvalue weighted by atomic mass is 14.8. The van der Waals surface area contributed by atoms with Crippen LogP contribution in [0.5, 0.6) is 0 Å². The number of aromatic nitrogens is 2. The minimum atomic E-state index is 0.525. The predicted octanol–water partition coefficient (Wildman–Crippen LogP) is 4.00. The lowest BCUT2D eigenvalue weighted by atomic mass is 10.1. The van der Waals surface area contributed by atoms with Crippen molar-refractivity contribution in [1.82, 2.24) is 9.97 Å². The van der Waals surface area contributed by atoms with Gasteiger partial charge in [0.2, 0.25) is 0 Å². The predicted molar refractivity (Wildman–Crippen MR) is 84.2 cm³/mol. The van der Waals surface area contributed by atoms with E-state index in [9.17, 15) is 5.26 Å². The van der Waals surface area contributed by atoms with Gasteiger partial charge in [-0.3, -0.25) is 0 Å². The molecule has 0 unspecified atom stereocenters. The lowest BCUT2D eigenvalue weighted by Gasteiger charge is -2.05. The summed E-state index contributed by atoms with van der Waals surface area (Å²) in [7, 11) is 0. The van der Waals surface area contributed by atoms with Crippen LogP contribution in [-0.2, 0) is 0 Å². The summed E-state index contributed by atoms with van der Waals surface area (Å²) in [5.41, 5.74) is 4.54. The van der Waals surface area contributed by atoms with E-state index in [2.05, 4.69) is 16.0 Å². The first-order valence-electron chi connectivity index (χ1n) is 6.68. The molecule has 0 saturated carbocycles. The zero-order valence-electron chi connectivity index (χ0n) is 11.6. The minimum absolute atomic E-state index is 0.525. The maximum Gasteiger partial charge on any atom is 0.103 e. The van der Waals surface area contributed by atoms with Crippen LogP contribution in [0.25, 0.3) is 22.7 Å². The topological polar surface area (TPSA) is 49.6 Å². The molecule has 3 aromatic rings. The average molecular weight is 271 g/mol. The molecular formula is C18H13N3. The number of para-hydroxylation sites is 2. The van der Waals surface area contributed by atoms with Crippen LogP contribution >= 0.6 is 0 Å². The second kappa shape index (κ2) is 5.56. The number of allylic oxidation sites excluding steroid dienone is 1. The maximum absolute atomic E-state index is 9.45. The monoisotopic (exact) mass is 271 g/mol. The van der Waals surface area contributed by atoms with Gasteiger partial charge < -0.3 is 0 Å². The van der Waals surface area contributed by atoms with Crippen LogP contribution in [0.1, 0.15) is 17.0 Å². The van der Waals surface area contributed by atoms with Crippen LogP contribution < -0.4 is 0 Å². The molecule has 100 valence electrons. The molecule has 3 nitrogen and oxygen atoms in total. The van der Waals surface area contributed by atoms with Crippen molar-refractivity contribution >= 4 is 22.7 Å². The largest absolute Gasteiger partial charge is 0.249 e. The second-order valence-electron chi connectivity index (χ2n) is 4.73. The Bertz CT molecular complexity index is 859. The Balaban J connectivity index is 2.16. The smallest absolute Gasteiger partial charge is 0.103 e. The highest BCUT2D eigenvalue weighted by molar-refractivity contribution is 5.90. The number of nitriles is 1. The molecule has 0 fully saturated rings. The Kier molecular flexibility index (Phi) is 3.44. The summed E-state index contributed by atoms with van der Waals surface area (Å²) in [6.45, 7) is 1.88. The van der Waals surface area contributed by atoms with Gasteiger partial charge in [-0.25, -0.2) is 9.97 Å². The first kappa shape index (κ1) is 13.0. The van der Waals surface area contributed by atoms with Crippen LogP contribution in [0.3, 0.4) is 0 Å². The number of hydrogen-bond donors (Lipinski definition) is 0. The summed E-state index contributed by atoms with van der Waals surface area (Å²) in [6.07, 6.45) is 1.84. The average Bonchev–Trinajstić information content (AvgIpc) is 2.53. The molecule has 0 spiro atoms. The molecule has 1 heterocycles. The maximum atomic E-state index is 9.45. The van der Waals surface area contributed by atoms with Gasteiger partial charge in [-0.1, -0.05) is 42.5 Å². The Labute approximate surface area is 123 Å². The zero-order valence-corrected chi connectivity index (χ0v) is 11.6. The van der Waals surface area contributed by atoms with Gasteiger partial charge in [0.05, 0.1) is 22.3 Å². The van der Waals surface area contributed by atoms with E-state index in [-0.39, 0.29) is 0 Å². The third-order valence-electron chi connectivity index (χ3n) is 3.23. The molecule has 0 aliphatic carbocycles. The molecule has 0 saturated heterocycles. The lowest BCUT2D eigenvalue weighted by molar-refractivity contribution is 1.16. The van der Waals surface area contributed by atoms with Crippen molar-refractivity contribution < 1.29 is 0 Å². The number of hydrogen-bond acceptors (Lipinski definition) is 3. The van der Waals surface area contributed by atoms with E-state index in [1.807, 2.05) is 67.6 Å². The first-order valence-corrected chi connectivity index (χ1v) is 6.68. The molecule has 0 bridgehead atoms. The third-order valence-corrected chi connectivity index (χ3v) is 3.23. The van der Waals surface area contributed by atoms with E-state index < -0.39 is 0 Å². The second-order valence-corrected chi connectivity index (χ2v) is 4.73. The van der Waals surface area contributed by atoms with Crippen molar-refractivity contribution in [1.29, 1.82) is 5.26 Å². The fraction of sp³-hybridized carbons (Fsp3) is 0.0556. The third kappa shape index (κ3) is 2.65. The number of nitrogens with zero attached hydrogens (tertiary/aromatic N) is 3. The van der Waals surface area contributed by atoms with Gasteiger partial charge in [-0.15, -0.1) is 0 Å². The molecule has 2 aromatic carbocycles. The number of rotatable bonds is 2. The van der Waals surface area contributed by atoms with Crippen molar-refractivity contribution in [2.45, 2.75) is 6.92 Å². The molecule has 0 amide bonds. The molecule has 0 aliphatic heterocycles. The molecule has 0 radical (unpaired) electrons. The van der Waals surface area contributed by atoms with Crippen molar-refractivity contribution in [3.63, 3.8) is 0 Å². The molecule has 21 heavy (non-hydrogen) atoms. The Hall–Kier alpha value is -2.99. The van der Waals surface area contributed by atoms with Crippen LogP contribution in [0.15, 0.2) is 54.6 Å². The van der Waals surface area contributed by atoms with Gasteiger partial charge in [0.15, 0.2) is 0 Å². The number of aryl methyl sites for hydroxylation is 1. The fourth-order valence-electron chi connectivity index (χ4n) is 2.21. The molecule has 0 aliphatic rings. The van der Waals surface area contributed by atoms with Crippen molar-refractivity contribution in [3.05, 3.63) is 71.5 Å². The fourth-order valence-corrected chi connectivity index (χ4v) is 2.21. The van der Waals surface area contributed by atoms with Crippen LogP contribution in [-0.4, -0.2) is 9.97 Å². The van der Waals surface area contributed by atoms with E-state index in [1.165, 1.54) is 0 Å². The van der Waals surface area contributed by atoms with Gasteiger partial charge in [-0.05, 0) is 30.7 Å². The van der Waals surface area contributed by atoms with E-state index in [4.69, 9.17) is 0 Å². The van der Waals surface area contributed by atoms with Crippen LogP contribution in [0.4, 0.5) is 0 Å². The Morgan fingerprint density at radius 3 is 2.24 bits per heavy atom. The van der Waals surface area contributed by atoms with E-state index in [0.717, 1.165) is 22.3 Å². The SMILES string of the molecule is Cc1nc2ccccc2nc1/C(C#N)=C/c1ccccc1. The summed E-state index contributed by atoms with van der Waals surface area (Å²) in [5, 5.41) is 9.45. The highest BCUT2D eigenvalue weighted by Gasteiger charge is 2.10. The van der Waals surface area contributed by atoms with E-state index >= 15 is 0 Å². The normalized spacial score (nSPS) is 11.3. The molecule has 3 rings (SSSR count). The van der Waals surface area contributed by atoms with Crippen LogP contribution in [0, 0.1) is 18.3 Å².